The molecule has 1 fully saturated rings. The van der Waals surface area contributed by atoms with E-state index in [9.17, 15) is 9.59 Å². The predicted molar refractivity (Wildman–Crippen MR) is 101 cm³/mol. The average molecular weight is 362 g/mol. The molecule has 0 saturated heterocycles. The summed E-state index contributed by atoms with van der Waals surface area (Å²) in [6, 6.07) is 5.88. The minimum absolute atomic E-state index is 0.141. The van der Waals surface area contributed by atoms with E-state index in [0.29, 0.717) is 37.7 Å². The summed E-state index contributed by atoms with van der Waals surface area (Å²) in [6.07, 6.45) is 6.00. The summed E-state index contributed by atoms with van der Waals surface area (Å²) >= 11 is 0. The van der Waals surface area contributed by atoms with Crippen LogP contribution in [-0.2, 0) is 16.0 Å². The first-order valence-electron chi connectivity index (χ1n) is 9.61. The standard InChI is InChI=1S/C20H30N2O4/c1-3-25-17-11-10-15(14-18(17)26-4-2)12-13-21-19(23)20(24)22-16-8-6-5-7-9-16/h10-11,14,16H,3-9,12-13H2,1-2H3,(H,21,23)(H,22,24). The van der Waals surface area contributed by atoms with Crippen LogP contribution >= 0.6 is 0 Å². The Morgan fingerprint density at radius 1 is 1.00 bits per heavy atom. The number of ether oxygens (including phenoxy) is 2. The maximum atomic E-state index is 11.9. The Morgan fingerprint density at radius 2 is 1.69 bits per heavy atom. The van der Waals surface area contributed by atoms with Gasteiger partial charge >= 0.3 is 11.8 Å². The van der Waals surface area contributed by atoms with E-state index in [0.717, 1.165) is 31.2 Å². The molecule has 0 atom stereocenters. The summed E-state index contributed by atoms with van der Waals surface area (Å²) in [5.74, 6) is 0.326. The van der Waals surface area contributed by atoms with E-state index in [1.165, 1.54) is 6.42 Å². The molecule has 26 heavy (non-hydrogen) atoms. The quantitative estimate of drug-likeness (QED) is 0.697. The molecule has 0 aliphatic heterocycles. The second-order valence-electron chi connectivity index (χ2n) is 6.46. The highest BCUT2D eigenvalue weighted by atomic mass is 16.5. The van der Waals surface area contributed by atoms with Crippen molar-refractivity contribution < 1.29 is 19.1 Å². The molecular weight excluding hydrogens is 332 g/mol. The smallest absolute Gasteiger partial charge is 0.309 e. The van der Waals surface area contributed by atoms with E-state index in [1.807, 2.05) is 32.0 Å². The largest absolute Gasteiger partial charge is 0.490 e. The lowest BCUT2D eigenvalue weighted by molar-refractivity contribution is -0.139. The molecule has 6 nitrogen and oxygen atoms in total. The lowest BCUT2D eigenvalue weighted by Gasteiger charge is -2.22. The van der Waals surface area contributed by atoms with Gasteiger partial charge in [0.15, 0.2) is 11.5 Å². The summed E-state index contributed by atoms with van der Waals surface area (Å²) < 4.78 is 11.1. The average Bonchev–Trinajstić information content (AvgIpc) is 2.65. The van der Waals surface area contributed by atoms with Gasteiger partial charge in [-0.05, 0) is 50.8 Å². The number of rotatable bonds is 8. The highest BCUT2D eigenvalue weighted by Crippen LogP contribution is 2.28. The maximum absolute atomic E-state index is 11.9. The molecule has 0 unspecified atom stereocenters. The Balaban J connectivity index is 1.79. The molecule has 0 aromatic heterocycles. The number of hydrogen-bond acceptors (Lipinski definition) is 4. The van der Waals surface area contributed by atoms with Gasteiger partial charge in [-0.25, -0.2) is 0 Å². The fourth-order valence-electron chi connectivity index (χ4n) is 3.15. The number of benzene rings is 1. The van der Waals surface area contributed by atoms with Crippen LogP contribution in [0.4, 0.5) is 0 Å². The second-order valence-corrected chi connectivity index (χ2v) is 6.46. The minimum atomic E-state index is -0.563. The van der Waals surface area contributed by atoms with Crippen molar-refractivity contribution in [2.75, 3.05) is 19.8 Å². The summed E-state index contributed by atoms with van der Waals surface area (Å²) in [5, 5.41) is 5.52. The molecule has 0 radical (unpaired) electrons. The van der Waals surface area contributed by atoms with Crippen molar-refractivity contribution in [3.8, 4) is 11.5 Å². The van der Waals surface area contributed by atoms with Gasteiger partial charge in [0.05, 0.1) is 13.2 Å². The lowest BCUT2D eigenvalue weighted by Crippen LogP contribution is -2.45. The van der Waals surface area contributed by atoms with Crippen LogP contribution in [0, 0.1) is 0 Å². The Hall–Kier alpha value is -2.24. The predicted octanol–water partition coefficient (Wildman–Crippen LogP) is 2.59. The summed E-state index contributed by atoms with van der Waals surface area (Å²) in [4.78, 5) is 23.9. The van der Waals surface area contributed by atoms with Gasteiger partial charge in [-0.3, -0.25) is 9.59 Å². The van der Waals surface area contributed by atoms with Crippen LogP contribution in [0.15, 0.2) is 18.2 Å². The zero-order valence-electron chi connectivity index (χ0n) is 15.8. The highest BCUT2D eigenvalue weighted by molar-refractivity contribution is 6.35. The third-order valence-corrected chi connectivity index (χ3v) is 4.45. The molecule has 1 aliphatic rings. The van der Waals surface area contributed by atoms with Crippen molar-refractivity contribution in [3.63, 3.8) is 0 Å². The molecular formula is C20H30N2O4. The van der Waals surface area contributed by atoms with E-state index >= 15 is 0 Å². The van der Waals surface area contributed by atoms with Crippen LogP contribution in [0.1, 0.15) is 51.5 Å². The fraction of sp³-hybridized carbons (Fsp3) is 0.600. The molecule has 1 aromatic rings. The van der Waals surface area contributed by atoms with E-state index in [4.69, 9.17) is 9.47 Å². The van der Waals surface area contributed by atoms with E-state index in [2.05, 4.69) is 10.6 Å². The van der Waals surface area contributed by atoms with Crippen LogP contribution in [0.25, 0.3) is 0 Å². The van der Waals surface area contributed by atoms with Gasteiger partial charge in [-0.2, -0.15) is 0 Å². The Morgan fingerprint density at radius 3 is 2.38 bits per heavy atom. The maximum Gasteiger partial charge on any atom is 0.309 e. The van der Waals surface area contributed by atoms with Gasteiger partial charge in [0.2, 0.25) is 0 Å². The second kappa shape index (κ2) is 10.7. The van der Waals surface area contributed by atoms with Crippen molar-refractivity contribution in [3.05, 3.63) is 23.8 Å². The zero-order valence-corrected chi connectivity index (χ0v) is 15.8. The molecule has 1 aromatic carbocycles. The number of amides is 2. The number of hydrogen-bond donors (Lipinski definition) is 2. The van der Waals surface area contributed by atoms with Crippen LogP contribution in [-0.4, -0.2) is 37.6 Å². The first-order valence-corrected chi connectivity index (χ1v) is 9.61. The number of carbonyl (C=O) groups excluding carboxylic acids is 2. The third-order valence-electron chi connectivity index (χ3n) is 4.45. The third kappa shape index (κ3) is 6.24. The molecule has 144 valence electrons. The van der Waals surface area contributed by atoms with Crippen molar-refractivity contribution in [2.24, 2.45) is 0 Å². The van der Waals surface area contributed by atoms with Gasteiger partial charge in [0.1, 0.15) is 0 Å². The topological polar surface area (TPSA) is 76.7 Å². The van der Waals surface area contributed by atoms with Crippen molar-refractivity contribution in [2.45, 2.75) is 58.4 Å². The molecule has 2 N–H and O–H groups in total. The molecule has 0 heterocycles. The Labute approximate surface area is 155 Å². The van der Waals surface area contributed by atoms with Gasteiger partial charge in [-0.1, -0.05) is 25.3 Å². The van der Waals surface area contributed by atoms with Crippen LogP contribution in [0.2, 0.25) is 0 Å². The van der Waals surface area contributed by atoms with Crippen LogP contribution < -0.4 is 20.1 Å². The van der Waals surface area contributed by atoms with Crippen LogP contribution in [0.3, 0.4) is 0 Å². The molecule has 6 heteroatoms. The lowest BCUT2D eigenvalue weighted by atomic mass is 9.95. The van der Waals surface area contributed by atoms with Gasteiger partial charge in [0.25, 0.3) is 0 Å². The summed E-state index contributed by atoms with van der Waals surface area (Å²) in [6.45, 7) is 5.38. The zero-order chi connectivity index (χ0) is 18.8. The molecule has 2 rings (SSSR count). The van der Waals surface area contributed by atoms with E-state index in [1.54, 1.807) is 0 Å². The van der Waals surface area contributed by atoms with Crippen LogP contribution in [0.5, 0.6) is 11.5 Å². The van der Waals surface area contributed by atoms with Crippen molar-refractivity contribution in [1.82, 2.24) is 10.6 Å². The van der Waals surface area contributed by atoms with Gasteiger partial charge < -0.3 is 20.1 Å². The van der Waals surface area contributed by atoms with Crippen molar-refractivity contribution in [1.29, 1.82) is 0 Å². The van der Waals surface area contributed by atoms with Gasteiger partial charge in [-0.15, -0.1) is 0 Å². The minimum Gasteiger partial charge on any atom is -0.490 e. The Bertz CT molecular complexity index is 597. The van der Waals surface area contributed by atoms with Crippen molar-refractivity contribution >= 4 is 11.8 Å². The van der Waals surface area contributed by atoms with E-state index < -0.39 is 11.8 Å². The Kier molecular flexibility index (Phi) is 8.25. The summed E-state index contributed by atoms with van der Waals surface area (Å²) in [7, 11) is 0. The fourth-order valence-corrected chi connectivity index (χ4v) is 3.15. The summed E-state index contributed by atoms with van der Waals surface area (Å²) in [5.41, 5.74) is 1.02. The molecule has 1 aliphatic carbocycles. The SMILES string of the molecule is CCOc1ccc(CCNC(=O)C(=O)NC2CCCCC2)cc1OCC. The highest BCUT2D eigenvalue weighted by Gasteiger charge is 2.20. The first kappa shape index (κ1) is 20.1. The molecule has 0 spiro atoms. The molecule has 0 bridgehead atoms. The monoisotopic (exact) mass is 362 g/mol. The number of nitrogens with one attached hydrogen (secondary N) is 2. The normalized spacial score (nSPS) is 14.5. The molecule has 1 saturated carbocycles. The molecule has 2 amide bonds. The van der Waals surface area contributed by atoms with E-state index in [-0.39, 0.29) is 6.04 Å². The van der Waals surface area contributed by atoms with Gasteiger partial charge in [0, 0.05) is 12.6 Å². The number of carbonyl (C=O) groups is 2. The first-order chi connectivity index (χ1) is 12.6.